The van der Waals surface area contributed by atoms with Gasteiger partial charge in [0.2, 0.25) is 17.7 Å². The summed E-state index contributed by atoms with van der Waals surface area (Å²) in [5.74, 6) is -2.00. The second-order valence-electron chi connectivity index (χ2n) is 11.6. The first kappa shape index (κ1) is 30.9. The molecule has 44 heavy (non-hydrogen) atoms. The summed E-state index contributed by atoms with van der Waals surface area (Å²) in [6.45, 7) is 0.831. The Balaban J connectivity index is 1.41. The molecule has 0 bridgehead atoms. The number of carbonyl (C=O) groups is 4. The van der Waals surface area contributed by atoms with E-state index in [0.717, 1.165) is 22.4 Å². The van der Waals surface area contributed by atoms with E-state index in [1.54, 1.807) is 11.9 Å². The molecule has 2 aliphatic heterocycles. The van der Waals surface area contributed by atoms with Crippen molar-refractivity contribution in [2.75, 3.05) is 33.8 Å². The Morgan fingerprint density at radius 1 is 1.00 bits per heavy atom. The van der Waals surface area contributed by atoms with Gasteiger partial charge in [0.1, 0.15) is 24.2 Å². The molecule has 3 N–H and O–H groups in total. The number of likely N-dealkylation sites (N-methyl/N-ethyl adjacent to an activating group) is 1. The first-order valence-electron chi connectivity index (χ1n) is 14.8. The number of rotatable bonds is 3. The van der Waals surface area contributed by atoms with Crippen LogP contribution in [0, 0.1) is 5.82 Å². The van der Waals surface area contributed by atoms with Crippen molar-refractivity contribution >= 4 is 34.4 Å². The van der Waals surface area contributed by atoms with Crippen molar-refractivity contribution in [3.63, 3.8) is 0 Å². The molecule has 0 saturated carbocycles. The van der Waals surface area contributed by atoms with Crippen molar-refractivity contribution in [1.29, 1.82) is 0 Å². The summed E-state index contributed by atoms with van der Waals surface area (Å²) < 4.78 is 20.5. The third-order valence-electron chi connectivity index (χ3n) is 8.46. The molecule has 11 heteroatoms. The van der Waals surface area contributed by atoms with Crippen LogP contribution < -0.4 is 15.8 Å². The average molecular weight is 604 g/mol. The average Bonchev–Trinajstić information content (AvgIpc) is 3.40. The van der Waals surface area contributed by atoms with Crippen LogP contribution in [-0.4, -0.2) is 90.2 Å². The molecule has 0 unspecified atom stereocenters. The summed E-state index contributed by atoms with van der Waals surface area (Å²) in [5.41, 5.74) is 6.98. The number of amides is 4. The second kappa shape index (κ2) is 13.4. The maximum Gasteiger partial charge on any atom is 0.258 e. The molecule has 3 aromatic rings. The molecule has 232 valence electrons. The van der Waals surface area contributed by atoms with Gasteiger partial charge >= 0.3 is 0 Å². The molecule has 0 spiro atoms. The Labute approximate surface area is 255 Å². The van der Waals surface area contributed by atoms with E-state index in [0.29, 0.717) is 13.0 Å². The van der Waals surface area contributed by atoms with Gasteiger partial charge in [0.05, 0.1) is 11.6 Å². The Morgan fingerprint density at radius 3 is 2.57 bits per heavy atom. The highest BCUT2D eigenvalue weighted by atomic mass is 19.1. The van der Waals surface area contributed by atoms with Gasteiger partial charge in [0.25, 0.3) is 5.91 Å². The van der Waals surface area contributed by atoms with E-state index in [1.807, 2.05) is 42.5 Å². The highest BCUT2D eigenvalue weighted by Crippen LogP contribution is 2.26. The third-order valence-corrected chi connectivity index (χ3v) is 8.46. The number of fused-ring (bicyclic) bond motifs is 3. The molecule has 0 aliphatic carbocycles. The predicted molar refractivity (Wildman–Crippen MR) is 163 cm³/mol. The minimum absolute atomic E-state index is 0.0253. The van der Waals surface area contributed by atoms with Crippen molar-refractivity contribution in [2.24, 2.45) is 5.73 Å². The number of carbonyl (C=O) groups excluding carboxylic acids is 4. The van der Waals surface area contributed by atoms with Gasteiger partial charge in [-0.1, -0.05) is 36.4 Å². The maximum absolute atomic E-state index is 14.4. The first-order valence-corrected chi connectivity index (χ1v) is 14.8. The molecular weight excluding hydrogens is 565 g/mol. The van der Waals surface area contributed by atoms with Crippen LogP contribution in [0.3, 0.4) is 0 Å². The number of nitrogens with zero attached hydrogens (tertiary/aromatic N) is 3. The fourth-order valence-corrected chi connectivity index (χ4v) is 5.87. The minimum Gasteiger partial charge on any atom is -0.491 e. The summed E-state index contributed by atoms with van der Waals surface area (Å²) in [4.78, 5) is 57.9. The van der Waals surface area contributed by atoms with Gasteiger partial charge in [-0.15, -0.1) is 0 Å². The van der Waals surface area contributed by atoms with E-state index >= 15 is 0 Å². The molecule has 1 fully saturated rings. The highest BCUT2D eigenvalue weighted by molar-refractivity contribution is 5.99. The fraction of sp³-hybridized carbons (Fsp3) is 0.394. The lowest BCUT2D eigenvalue weighted by molar-refractivity contribution is -0.134. The van der Waals surface area contributed by atoms with Crippen LogP contribution in [0.5, 0.6) is 5.75 Å². The summed E-state index contributed by atoms with van der Waals surface area (Å²) in [6, 6.07) is 15.8. The fourth-order valence-electron chi connectivity index (χ4n) is 5.87. The highest BCUT2D eigenvalue weighted by Gasteiger charge is 2.35. The van der Waals surface area contributed by atoms with Crippen molar-refractivity contribution in [1.82, 2.24) is 20.0 Å². The van der Waals surface area contributed by atoms with Crippen LogP contribution >= 0.6 is 0 Å². The van der Waals surface area contributed by atoms with Gasteiger partial charge < -0.3 is 30.5 Å². The largest absolute Gasteiger partial charge is 0.491 e. The molecule has 2 heterocycles. The quantitative estimate of drug-likeness (QED) is 0.475. The molecule has 2 aliphatic rings. The smallest absolute Gasteiger partial charge is 0.258 e. The third kappa shape index (κ3) is 6.99. The van der Waals surface area contributed by atoms with Gasteiger partial charge in [-0.05, 0) is 53.4 Å². The maximum atomic E-state index is 14.4. The zero-order chi connectivity index (χ0) is 31.4. The molecule has 4 amide bonds. The van der Waals surface area contributed by atoms with Crippen LogP contribution in [0.25, 0.3) is 10.8 Å². The predicted octanol–water partition coefficient (Wildman–Crippen LogP) is 2.69. The molecule has 3 atom stereocenters. The van der Waals surface area contributed by atoms with Gasteiger partial charge in [0, 0.05) is 52.6 Å². The molecule has 3 aromatic carbocycles. The zero-order valence-corrected chi connectivity index (χ0v) is 25.0. The Kier molecular flexibility index (Phi) is 9.43. The van der Waals surface area contributed by atoms with Crippen molar-refractivity contribution in [3.05, 3.63) is 77.6 Å². The van der Waals surface area contributed by atoms with Gasteiger partial charge in [-0.3, -0.25) is 19.2 Å². The van der Waals surface area contributed by atoms with E-state index in [-0.39, 0.29) is 74.2 Å². The molecule has 1 saturated heterocycles. The lowest BCUT2D eigenvalue weighted by Gasteiger charge is -2.30. The van der Waals surface area contributed by atoms with Crippen LogP contribution in [0.1, 0.15) is 41.6 Å². The number of benzene rings is 3. The standard InChI is InChI=1S/C33H38FN5O5/c1-37-14-13-31(41)39-19-25(35)17-26(39)20-44-29-11-9-24(34)16-27(29)33(43)38(2)28(10-12-30(37)40)32(42)36-18-21-7-8-22-5-3-4-6-23(22)15-21/h3-9,11,15-16,25-26,28H,10,12-14,17-20,35H2,1-2H3,(H,36,42)/t25-,26+,28+/m1/s1. The Bertz CT molecular complexity index is 1560. The van der Waals surface area contributed by atoms with Crippen LogP contribution in [0.2, 0.25) is 0 Å². The van der Waals surface area contributed by atoms with E-state index in [4.69, 9.17) is 10.5 Å². The lowest BCUT2D eigenvalue weighted by atomic mass is 10.0. The van der Waals surface area contributed by atoms with Gasteiger partial charge in [-0.25, -0.2) is 4.39 Å². The normalized spacial score (nSPS) is 22.0. The molecule has 0 radical (unpaired) electrons. The number of hydrogen-bond donors (Lipinski definition) is 2. The molecule has 10 nitrogen and oxygen atoms in total. The number of hydrogen-bond acceptors (Lipinski definition) is 6. The van der Waals surface area contributed by atoms with Crippen molar-refractivity contribution < 1.29 is 28.3 Å². The van der Waals surface area contributed by atoms with Gasteiger partial charge in [-0.2, -0.15) is 0 Å². The number of nitrogens with one attached hydrogen (secondary N) is 1. The Hall–Kier alpha value is -4.51. The van der Waals surface area contributed by atoms with Crippen molar-refractivity contribution in [2.45, 2.75) is 50.4 Å². The lowest BCUT2D eigenvalue weighted by Crippen LogP contribution is -2.48. The summed E-state index contributed by atoms with van der Waals surface area (Å²) >= 11 is 0. The molecule has 5 rings (SSSR count). The van der Waals surface area contributed by atoms with Crippen LogP contribution in [0.4, 0.5) is 4.39 Å². The summed E-state index contributed by atoms with van der Waals surface area (Å²) in [6.07, 6.45) is 0.600. The first-order chi connectivity index (χ1) is 21.1. The number of ether oxygens (including phenoxy) is 1. The van der Waals surface area contributed by atoms with E-state index in [2.05, 4.69) is 5.32 Å². The topological polar surface area (TPSA) is 125 Å². The number of halogens is 1. The summed E-state index contributed by atoms with van der Waals surface area (Å²) in [7, 11) is 3.07. The second-order valence-corrected chi connectivity index (χ2v) is 11.6. The summed E-state index contributed by atoms with van der Waals surface area (Å²) in [5, 5.41) is 5.02. The monoisotopic (exact) mass is 603 g/mol. The van der Waals surface area contributed by atoms with Crippen molar-refractivity contribution in [3.8, 4) is 5.75 Å². The van der Waals surface area contributed by atoms with E-state index < -0.39 is 23.7 Å². The zero-order valence-electron chi connectivity index (χ0n) is 25.0. The SMILES string of the molecule is CN1CCC(=O)N2C[C@H](N)C[C@H]2COc2ccc(F)cc2C(=O)N(C)[C@H](C(=O)NCc2ccc3ccccc3c2)CCC1=O. The van der Waals surface area contributed by atoms with E-state index in [9.17, 15) is 23.6 Å². The van der Waals surface area contributed by atoms with Crippen LogP contribution in [-0.2, 0) is 20.9 Å². The van der Waals surface area contributed by atoms with E-state index in [1.165, 1.54) is 29.0 Å². The number of nitrogens with two attached hydrogens (primary N) is 1. The van der Waals surface area contributed by atoms with Gasteiger partial charge in [0.15, 0.2) is 0 Å². The minimum atomic E-state index is -1.03. The molecular formula is C33H38FN5O5. The van der Waals surface area contributed by atoms with Crippen LogP contribution in [0.15, 0.2) is 60.7 Å². The molecule has 0 aromatic heterocycles. The Morgan fingerprint density at radius 2 is 1.77 bits per heavy atom.